The molecule has 2 aromatic rings. The van der Waals surface area contributed by atoms with Gasteiger partial charge >= 0.3 is 0 Å². The van der Waals surface area contributed by atoms with Gasteiger partial charge in [-0.25, -0.2) is 13.4 Å². The molecule has 1 fully saturated rings. The third kappa shape index (κ3) is 3.19. The SMILES string of the molecule is Cc1csc(-c2cccc(S(=O)(=O)N3CCC(C)(CN)C3)c2)n1. The number of aromatic nitrogens is 1. The van der Waals surface area contributed by atoms with Crippen molar-refractivity contribution < 1.29 is 8.42 Å². The Kier molecular flexibility index (Phi) is 4.31. The summed E-state index contributed by atoms with van der Waals surface area (Å²) >= 11 is 1.52. The second-order valence-corrected chi connectivity index (χ2v) is 9.22. The molecule has 1 aromatic carbocycles. The molecule has 0 saturated carbocycles. The van der Waals surface area contributed by atoms with E-state index in [9.17, 15) is 8.42 Å². The molecule has 0 bridgehead atoms. The molecule has 2 N–H and O–H groups in total. The van der Waals surface area contributed by atoms with Crippen molar-refractivity contribution in [3.63, 3.8) is 0 Å². The van der Waals surface area contributed by atoms with Crippen LogP contribution in [0.2, 0.25) is 0 Å². The Morgan fingerprint density at radius 3 is 2.83 bits per heavy atom. The summed E-state index contributed by atoms with van der Waals surface area (Å²) in [5.41, 5.74) is 7.44. The number of nitrogens with two attached hydrogens (primary N) is 1. The topological polar surface area (TPSA) is 76.3 Å². The smallest absolute Gasteiger partial charge is 0.243 e. The molecule has 1 atom stereocenters. The van der Waals surface area contributed by atoms with Crippen molar-refractivity contribution in [1.29, 1.82) is 0 Å². The number of rotatable bonds is 4. The van der Waals surface area contributed by atoms with E-state index < -0.39 is 10.0 Å². The maximum atomic E-state index is 12.9. The molecule has 1 saturated heterocycles. The Hall–Kier alpha value is -1.28. The normalized spacial score (nSPS) is 22.6. The maximum absolute atomic E-state index is 12.9. The third-order valence-corrected chi connectivity index (χ3v) is 7.20. The molecule has 5 nitrogen and oxygen atoms in total. The highest BCUT2D eigenvalue weighted by Crippen LogP contribution is 2.33. The van der Waals surface area contributed by atoms with Crippen LogP contribution in [-0.4, -0.2) is 37.3 Å². The van der Waals surface area contributed by atoms with E-state index in [4.69, 9.17) is 5.73 Å². The van der Waals surface area contributed by atoms with Crippen molar-refractivity contribution in [2.24, 2.45) is 11.1 Å². The summed E-state index contributed by atoms with van der Waals surface area (Å²) in [5, 5.41) is 2.80. The van der Waals surface area contributed by atoms with E-state index in [0.717, 1.165) is 22.7 Å². The van der Waals surface area contributed by atoms with Gasteiger partial charge in [0.15, 0.2) is 0 Å². The van der Waals surface area contributed by atoms with E-state index >= 15 is 0 Å². The van der Waals surface area contributed by atoms with E-state index in [1.54, 1.807) is 22.5 Å². The van der Waals surface area contributed by atoms with Gasteiger partial charge in [0.2, 0.25) is 10.0 Å². The van der Waals surface area contributed by atoms with Crippen LogP contribution in [0.4, 0.5) is 0 Å². The van der Waals surface area contributed by atoms with Crippen LogP contribution in [-0.2, 0) is 10.0 Å². The van der Waals surface area contributed by atoms with Crippen LogP contribution in [0.15, 0.2) is 34.5 Å². The molecule has 3 rings (SSSR count). The van der Waals surface area contributed by atoms with Gasteiger partial charge < -0.3 is 5.73 Å². The average molecular weight is 351 g/mol. The van der Waals surface area contributed by atoms with Crippen LogP contribution in [0.5, 0.6) is 0 Å². The first kappa shape index (κ1) is 16.6. The zero-order valence-corrected chi connectivity index (χ0v) is 15.0. The third-order valence-electron chi connectivity index (χ3n) is 4.35. The fourth-order valence-electron chi connectivity index (χ4n) is 2.78. The Morgan fingerprint density at radius 2 is 2.22 bits per heavy atom. The predicted molar refractivity (Wildman–Crippen MR) is 92.8 cm³/mol. The molecular weight excluding hydrogens is 330 g/mol. The highest BCUT2D eigenvalue weighted by atomic mass is 32.2. The quantitative estimate of drug-likeness (QED) is 0.918. The number of hydrogen-bond donors (Lipinski definition) is 1. The molecule has 0 spiro atoms. The number of sulfonamides is 1. The first-order valence-corrected chi connectivity index (χ1v) is 9.89. The van der Waals surface area contributed by atoms with Crippen molar-refractivity contribution in [3.05, 3.63) is 35.3 Å². The van der Waals surface area contributed by atoms with E-state index in [-0.39, 0.29) is 5.41 Å². The van der Waals surface area contributed by atoms with E-state index in [2.05, 4.69) is 4.98 Å². The molecule has 0 aliphatic carbocycles. The van der Waals surface area contributed by atoms with Crippen LogP contribution in [0.25, 0.3) is 10.6 Å². The van der Waals surface area contributed by atoms with Crippen molar-refractivity contribution in [2.45, 2.75) is 25.2 Å². The van der Waals surface area contributed by atoms with Crippen LogP contribution >= 0.6 is 11.3 Å². The highest BCUT2D eigenvalue weighted by molar-refractivity contribution is 7.89. The molecular formula is C16H21N3O2S2. The minimum Gasteiger partial charge on any atom is -0.330 e. The maximum Gasteiger partial charge on any atom is 0.243 e. The molecule has 23 heavy (non-hydrogen) atoms. The number of aryl methyl sites for hydroxylation is 1. The summed E-state index contributed by atoms with van der Waals surface area (Å²) in [5.74, 6) is 0. The van der Waals surface area contributed by atoms with Crippen LogP contribution in [0.3, 0.4) is 0 Å². The number of nitrogens with zero attached hydrogens (tertiary/aromatic N) is 2. The van der Waals surface area contributed by atoms with Gasteiger partial charge in [-0.05, 0) is 37.4 Å². The summed E-state index contributed by atoms with van der Waals surface area (Å²) in [7, 11) is -3.49. The Bertz CT molecular complexity index is 816. The Morgan fingerprint density at radius 1 is 1.43 bits per heavy atom. The predicted octanol–water partition coefficient (Wildman–Crippen LogP) is 2.48. The lowest BCUT2D eigenvalue weighted by molar-refractivity contribution is 0.349. The summed E-state index contributed by atoms with van der Waals surface area (Å²) in [6, 6.07) is 7.03. The fraction of sp³-hybridized carbons (Fsp3) is 0.438. The second-order valence-electron chi connectivity index (χ2n) is 6.43. The van der Waals surface area contributed by atoms with Gasteiger partial charge in [-0.1, -0.05) is 19.1 Å². The first-order chi connectivity index (χ1) is 10.8. The standard InChI is InChI=1S/C16H21N3O2S2/c1-12-9-22-15(18-12)13-4-3-5-14(8-13)23(20,21)19-7-6-16(2,10-17)11-19/h3-5,8-9H,6-7,10-11,17H2,1-2H3. The summed E-state index contributed by atoms with van der Waals surface area (Å²) in [4.78, 5) is 4.75. The molecule has 0 amide bonds. The van der Waals surface area contributed by atoms with Gasteiger partial charge in [-0.3, -0.25) is 0 Å². The highest BCUT2D eigenvalue weighted by Gasteiger charge is 2.39. The van der Waals surface area contributed by atoms with Gasteiger partial charge in [0.25, 0.3) is 0 Å². The number of hydrogen-bond acceptors (Lipinski definition) is 5. The monoisotopic (exact) mass is 351 g/mol. The van der Waals surface area contributed by atoms with Gasteiger partial charge in [0.05, 0.1) is 4.90 Å². The van der Waals surface area contributed by atoms with Gasteiger partial charge in [-0.15, -0.1) is 11.3 Å². The molecule has 0 radical (unpaired) electrons. The minimum absolute atomic E-state index is 0.128. The molecule has 124 valence electrons. The van der Waals surface area contributed by atoms with Crippen molar-refractivity contribution in [1.82, 2.24) is 9.29 Å². The second kappa shape index (κ2) is 5.98. The molecule has 1 unspecified atom stereocenters. The molecule has 2 heterocycles. The van der Waals surface area contributed by atoms with E-state index in [1.165, 1.54) is 11.3 Å². The van der Waals surface area contributed by atoms with E-state index in [0.29, 0.717) is 24.5 Å². The summed E-state index contributed by atoms with van der Waals surface area (Å²) < 4.78 is 27.3. The molecule has 7 heteroatoms. The molecule has 1 aliphatic rings. The minimum atomic E-state index is -3.49. The fourth-order valence-corrected chi connectivity index (χ4v) is 5.21. The Labute approximate surface area is 141 Å². The van der Waals surface area contributed by atoms with Crippen molar-refractivity contribution >= 4 is 21.4 Å². The summed E-state index contributed by atoms with van der Waals surface area (Å²) in [6.07, 6.45) is 0.800. The zero-order valence-electron chi connectivity index (χ0n) is 13.3. The van der Waals surface area contributed by atoms with Crippen molar-refractivity contribution in [2.75, 3.05) is 19.6 Å². The lowest BCUT2D eigenvalue weighted by Crippen LogP contribution is -2.34. The first-order valence-electron chi connectivity index (χ1n) is 7.57. The summed E-state index contributed by atoms with van der Waals surface area (Å²) in [6.45, 7) is 5.47. The number of benzene rings is 1. The number of thiazole rings is 1. The molecule has 1 aromatic heterocycles. The van der Waals surface area contributed by atoms with Gasteiger partial charge in [0.1, 0.15) is 5.01 Å². The van der Waals surface area contributed by atoms with Gasteiger partial charge in [-0.2, -0.15) is 4.31 Å². The van der Waals surface area contributed by atoms with Crippen molar-refractivity contribution in [3.8, 4) is 10.6 Å². The lowest BCUT2D eigenvalue weighted by atomic mass is 9.90. The largest absolute Gasteiger partial charge is 0.330 e. The molecule has 1 aliphatic heterocycles. The zero-order chi connectivity index (χ0) is 16.7. The average Bonchev–Trinajstić information content (AvgIpc) is 3.15. The van der Waals surface area contributed by atoms with Crippen LogP contribution < -0.4 is 5.73 Å². The van der Waals surface area contributed by atoms with Gasteiger partial charge in [0, 0.05) is 29.7 Å². The van der Waals surface area contributed by atoms with Crippen LogP contribution in [0.1, 0.15) is 19.0 Å². The Balaban J connectivity index is 1.92. The van der Waals surface area contributed by atoms with E-state index in [1.807, 2.05) is 25.3 Å². The van der Waals surface area contributed by atoms with Crippen LogP contribution in [0, 0.1) is 12.3 Å². The lowest BCUT2D eigenvalue weighted by Gasteiger charge is -2.22.